The van der Waals surface area contributed by atoms with Gasteiger partial charge < -0.3 is 16.0 Å². The van der Waals surface area contributed by atoms with Gasteiger partial charge in [-0.25, -0.2) is 9.97 Å². The Morgan fingerprint density at radius 2 is 1.97 bits per heavy atom. The van der Waals surface area contributed by atoms with Crippen LogP contribution in [0.5, 0.6) is 0 Å². The molecular weight excluding hydrogens is 420 g/mol. The summed E-state index contributed by atoms with van der Waals surface area (Å²) in [5.41, 5.74) is 8.91. The maximum Gasteiger partial charge on any atom is 0.250 e. The number of nitrogens with one attached hydrogen (secondary N) is 1. The number of nitrogens with zero attached hydrogens (tertiary/aromatic N) is 4. The number of carbonyl (C=O) groups excluding carboxylic acids is 1. The highest BCUT2D eigenvalue weighted by atomic mass is 32.1. The van der Waals surface area contributed by atoms with Crippen molar-refractivity contribution >= 4 is 40.0 Å². The lowest BCUT2D eigenvalue weighted by Gasteiger charge is -2.21. The first-order valence-corrected chi connectivity index (χ1v) is 11.5. The molecule has 0 spiro atoms. The van der Waals surface area contributed by atoms with Gasteiger partial charge in [0.1, 0.15) is 16.5 Å². The minimum atomic E-state index is -0.486. The summed E-state index contributed by atoms with van der Waals surface area (Å²) in [6.07, 6.45) is 3.16. The van der Waals surface area contributed by atoms with Crippen LogP contribution in [0.25, 0.3) is 21.6 Å². The van der Waals surface area contributed by atoms with Crippen molar-refractivity contribution in [3.63, 3.8) is 0 Å². The summed E-state index contributed by atoms with van der Waals surface area (Å²) in [4.78, 5) is 24.8. The Morgan fingerprint density at radius 3 is 2.78 bits per heavy atom. The number of aromatic nitrogens is 3. The van der Waals surface area contributed by atoms with Gasteiger partial charge in [0.05, 0.1) is 11.1 Å². The molecule has 0 aliphatic carbocycles. The molecule has 3 N–H and O–H groups in total. The molecular formula is C24H24N6OS. The Balaban J connectivity index is 1.62. The van der Waals surface area contributed by atoms with Crippen molar-refractivity contribution in [3.8, 4) is 10.7 Å². The van der Waals surface area contributed by atoms with Gasteiger partial charge in [-0.15, -0.1) is 0 Å². The van der Waals surface area contributed by atoms with Crippen LogP contribution in [0.3, 0.4) is 0 Å². The zero-order valence-corrected chi connectivity index (χ0v) is 18.7. The first-order chi connectivity index (χ1) is 15.6. The van der Waals surface area contributed by atoms with Crippen LogP contribution < -0.4 is 16.0 Å². The highest BCUT2D eigenvalue weighted by Gasteiger charge is 2.23. The van der Waals surface area contributed by atoms with Crippen molar-refractivity contribution in [2.24, 2.45) is 5.73 Å². The normalized spacial score (nSPS) is 13.6. The Labute approximate surface area is 190 Å². The standard InChI is InChI=1S/C24H24N6OS/c1-30-13-6-5-10-18-22(26-14-15-8-3-2-4-9-15)27-23(28-24(18)30)20-16-11-7-12-17(21(25)31)19(16)29-32-20/h2-4,7-9,11-12H,5-6,10,13-14H2,1H3,(H2,25,31)(H,26,27,28). The second kappa shape index (κ2) is 8.55. The van der Waals surface area contributed by atoms with Crippen LogP contribution >= 0.6 is 11.5 Å². The van der Waals surface area contributed by atoms with E-state index >= 15 is 0 Å². The molecule has 8 heteroatoms. The monoisotopic (exact) mass is 444 g/mol. The SMILES string of the molecule is CN1CCCCc2c(NCc3ccccc3)nc(-c3snc4c(C(N)=O)cccc34)nc21. The van der Waals surface area contributed by atoms with Gasteiger partial charge in [0.25, 0.3) is 5.91 Å². The third kappa shape index (κ3) is 3.78. The molecule has 1 aliphatic heterocycles. The zero-order valence-electron chi connectivity index (χ0n) is 17.8. The van der Waals surface area contributed by atoms with Crippen molar-refractivity contribution in [2.75, 3.05) is 23.8 Å². The van der Waals surface area contributed by atoms with Gasteiger partial charge in [-0.1, -0.05) is 42.5 Å². The molecule has 1 amide bonds. The number of nitrogens with two attached hydrogens (primary N) is 1. The predicted molar refractivity (Wildman–Crippen MR) is 129 cm³/mol. The Morgan fingerprint density at radius 1 is 1.12 bits per heavy atom. The number of hydrogen-bond acceptors (Lipinski definition) is 7. The number of carbonyl (C=O) groups is 1. The second-order valence-corrected chi connectivity index (χ2v) is 8.77. The minimum absolute atomic E-state index is 0.416. The smallest absolute Gasteiger partial charge is 0.250 e. The molecule has 5 rings (SSSR count). The summed E-state index contributed by atoms with van der Waals surface area (Å²) in [6.45, 7) is 1.64. The average Bonchev–Trinajstić information content (AvgIpc) is 3.16. The number of amides is 1. The van der Waals surface area contributed by atoms with Gasteiger partial charge >= 0.3 is 0 Å². The summed E-state index contributed by atoms with van der Waals surface area (Å²) in [6, 6.07) is 15.8. The van der Waals surface area contributed by atoms with E-state index in [4.69, 9.17) is 15.7 Å². The second-order valence-electron chi connectivity index (χ2n) is 7.99. The minimum Gasteiger partial charge on any atom is -0.366 e. The lowest BCUT2D eigenvalue weighted by Crippen LogP contribution is -2.20. The van der Waals surface area contributed by atoms with Crippen LogP contribution in [0, 0.1) is 0 Å². The average molecular weight is 445 g/mol. The fourth-order valence-corrected chi connectivity index (χ4v) is 4.95. The maximum absolute atomic E-state index is 11.8. The fraction of sp³-hybridized carbons (Fsp3) is 0.250. The molecule has 2 aromatic carbocycles. The number of fused-ring (bicyclic) bond motifs is 2. The lowest BCUT2D eigenvalue weighted by atomic mass is 10.1. The van der Waals surface area contributed by atoms with E-state index in [-0.39, 0.29) is 0 Å². The molecule has 0 radical (unpaired) electrons. The highest BCUT2D eigenvalue weighted by Crippen LogP contribution is 2.36. The molecule has 3 heterocycles. The van der Waals surface area contributed by atoms with E-state index in [1.807, 2.05) is 30.3 Å². The fourth-order valence-electron chi connectivity index (χ4n) is 4.13. The molecule has 32 heavy (non-hydrogen) atoms. The van der Waals surface area contributed by atoms with Crippen LogP contribution in [0.1, 0.15) is 34.3 Å². The van der Waals surface area contributed by atoms with Crippen LogP contribution in [0.15, 0.2) is 48.5 Å². The summed E-state index contributed by atoms with van der Waals surface area (Å²) >= 11 is 1.30. The number of primary amides is 1. The Kier molecular flexibility index (Phi) is 5.45. The third-order valence-electron chi connectivity index (χ3n) is 5.80. The zero-order chi connectivity index (χ0) is 22.1. The summed E-state index contributed by atoms with van der Waals surface area (Å²) in [5.74, 6) is 1.94. The molecule has 162 valence electrons. The van der Waals surface area contributed by atoms with E-state index in [1.165, 1.54) is 17.1 Å². The van der Waals surface area contributed by atoms with Crippen molar-refractivity contribution in [2.45, 2.75) is 25.8 Å². The summed E-state index contributed by atoms with van der Waals surface area (Å²) in [5, 5.41) is 4.39. The van der Waals surface area contributed by atoms with E-state index in [9.17, 15) is 4.79 Å². The van der Waals surface area contributed by atoms with Crippen LogP contribution in [-0.2, 0) is 13.0 Å². The van der Waals surface area contributed by atoms with Gasteiger partial charge in [-0.2, -0.15) is 4.37 Å². The molecule has 0 unspecified atom stereocenters. The number of hydrogen-bond donors (Lipinski definition) is 2. The van der Waals surface area contributed by atoms with Gasteiger partial charge in [0.2, 0.25) is 0 Å². The van der Waals surface area contributed by atoms with Crippen LogP contribution in [0.4, 0.5) is 11.6 Å². The summed E-state index contributed by atoms with van der Waals surface area (Å²) < 4.78 is 4.52. The number of benzene rings is 2. The largest absolute Gasteiger partial charge is 0.366 e. The first kappa shape index (κ1) is 20.4. The Hall–Kier alpha value is -3.52. The van der Waals surface area contributed by atoms with Crippen molar-refractivity contribution < 1.29 is 4.79 Å². The van der Waals surface area contributed by atoms with Gasteiger partial charge in [-0.3, -0.25) is 4.79 Å². The van der Waals surface area contributed by atoms with Crippen molar-refractivity contribution in [1.29, 1.82) is 0 Å². The number of anilines is 2. The predicted octanol–water partition coefficient (Wildman–Crippen LogP) is 4.24. The van der Waals surface area contributed by atoms with E-state index in [2.05, 4.69) is 33.8 Å². The van der Waals surface area contributed by atoms with Crippen molar-refractivity contribution in [3.05, 3.63) is 65.2 Å². The Bertz CT molecular complexity index is 1290. The molecule has 0 saturated carbocycles. The van der Waals surface area contributed by atoms with E-state index in [0.29, 0.717) is 23.4 Å². The molecule has 1 aliphatic rings. The van der Waals surface area contributed by atoms with Crippen LogP contribution in [-0.4, -0.2) is 33.8 Å². The molecule has 4 aromatic rings. The molecule has 0 fully saturated rings. The highest BCUT2D eigenvalue weighted by molar-refractivity contribution is 7.11. The quantitative estimate of drug-likeness (QED) is 0.478. The first-order valence-electron chi connectivity index (χ1n) is 10.7. The maximum atomic E-state index is 11.8. The van der Waals surface area contributed by atoms with Gasteiger partial charge in [0, 0.05) is 31.1 Å². The molecule has 0 atom stereocenters. The molecule has 0 bridgehead atoms. The van der Waals surface area contributed by atoms with E-state index in [1.54, 1.807) is 6.07 Å². The number of rotatable bonds is 5. The third-order valence-corrected chi connectivity index (χ3v) is 6.66. The molecule has 7 nitrogen and oxygen atoms in total. The van der Waals surface area contributed by atoms with E-state index in [0.717, 1.165) is 53.3 Å². The topological polar surface area (TPSA) is 97.0 Å². The lowest BCUT2D eigenvalue weighted by molar-refractivity contribution is 0.100. The van der Waals surface area contributed by atoms with Crippen LogP contribution in [0.2, 0.25) is 0 Å². The van der Waals surface area contributed by atoms with E-state index < -0.39 is 5.91 Å². The van der Waals surface area contributed by atoms with Gasteiger partial charge in [0.15, 0.2) is 5.82 Å². The summed E-state index contributed by atoms with van der Waals surface area (Å²) in [7, 11) is 2.08. The molecule has 2 aromatic heterocycles. The van der Waals surface area contributed by atoms with Crippen molar-refractivity contribution in [1.82, 2.24) is 14.3 Å². The molecule has 0 saturated heterocycles. The van der Waals surface area contributed by atoms with Gasteiger partial charge in [-0.05, 0) is 42.4 Å².